The van der Waals surface area contributed by atoms with Crippen LogP contribution in [0.25, 0.3) is 12.2 Å². The quantitative estimate of drug-likeness (QED) is 0.0740. The van der Waals surface area contributed by atoms with E-state index in [1.165, 1.54) is 61.2 Å². The Hall–Kier alpha value is -5.48. The number of carbonyl (C=O) groups is 4. The monoisotopic (exact) mass is 678 g/mol. The summed E-state index contributed by atoms with van der Waals surface area (Å²) in [7, 11) is 2.85. The highest BCUT2D eigenvalue weighted by Gasteiger charge is 2.14. The van der Waals surface area contributed by atoms with Gasteiger partial charge in [0.1, 0.15) is 23.1 Å². The van der Waals surface area contributed by atoms with E-state index in [0.717, 1.165) is 10.0 Å². The van der Waals surface area contributed by atoms with Crippen molar-refractivity contribution in [3.63, 3.8) is 0 Å². The summed E-state index contributed by atoms with van der Waals surface area (Å²) < 4.78 is 21.4. The summed E-state index contributed by atoms with van der Waals surface area (Å²) in [6.07, 6.45) is 5.28. The number of methoxy groups -OCH3 is 2. The Bertz CT molecular complexity index is 1690. The molecule has 2 heterocycles. The van der Waals surface area contributed by atoms with Crippen LogP contribution in [0.15, 0.2) is 48.6 Å². The number of hydrogen-bond donors (Lipinski definition) is 2. The zero-order chi connectivity index (χ0) is 33.8. The lowest BCUT2D eigenvalue weighted by molar-refractivity contribution is -0.133. The van der Waals surface area contributed by atoms with Gasteiger partial charge in [0.2, 0.25) is 10.3 Å². The molecular formula is C31H30N6O8S2. The number of ketones is 2. The highest BCUT2D eigenvalue weighted by atomic mass is 32.1. The van der Waals surface area contributed by atoms with Gasteiger partial charge in [-0.25, -0.2) is 9.59 Å². The van der Waals surface area contributed by atoms with Crippen molar-refractivity contribution in [2.24, 2.45) is 0 Å². The van der Waals surface area contributed by atoms with E-state index < -0.39 is 23.5 Å². The van der Waals surface area contributed by atoms with Crippen LogP contribution in [0.2, 0.25) is 0 Å². The second-order valence-electron chi connectivity index (χ2n) is 9.50. The van der Waals surface area contributed by atoms with Crippen molar-refractivity contribution in [3.05, 3.63) is 69.7 Å². The van der Waals surface area contributed by atoms with E-state index in [0.29, 0.717) is 21.4 Å². The average molecular weight is 679 g/mol. The third kappa shape index (κ3) is 10.8. The number of nitrogens with one attached hydrogen (secondary N) is 2. The summed E-state index contributed by atoms with van der Waals surface area (Å²) in [5.74, 6) is -0.948. The number of nitrogens with zero attached hydrogens (tertiary/aromatic N) is 4. The maximum Gasteiger partial charge on any atom is 0.330 e. The SMILES string of the molecule is COc1cc(/C=C/C(=O)CC(=O)/C=C/c2ccc(OC(=O)CNc3nnc(C)s3)c(OC)c2)ccc1OC(=O)CNc1nnc(C)s1. The molecule has 0 bridgehead atoms. The number of esters is 2. The molecule has 0 saturated heterocycles. The van der Waals surface area contributed by atoms with Gasteiger partial charge in [-0.1, -0.05) is 47.0 Å². The van der Waals surface area contributed by atoms with E-state index in [4.69, 9.17) is 18.9 Å². The third-order valence-electron chi connectivity index (χ3n) is 5.91. The zero-order valence-corrected chi connectivity index (χ0v) is 27.4. The molecule has 4 aromatic rings. The zero-order valence-electron chi connectivity index (χ0n) is 25.8. The minimum Gasteiger partial charge on any atom is -0.493 e. The molecule has 244 valence electrons. The third-order valence-corrected chi connectivity index (χ3v) is 7.51. The molecule has 0 aliphatic heterocycles. The van der Waals surface area contributed by atoms with Gasteiger partial charge in [0, 0.05) is 0 Å². The second kappa shape index (κ2) is 16.7. The molecule has 2 aromatic carbocycles. The molecule has 0 saturated carbocycles. The first-order chi connectivity index (χ1) is 22.6. The van der Waals surface area contributed by atoms with Crippen molar-refractivity contribution in [2.45, 2.75) is 20.3 Å². The standard InChI is InChI=1S/C31H30N6O8S2/c1-18-34-36-30(46-18)32-16-28(40)44-24-11-7-20(13-26(24)42-3)5-9-22(38)15-23(39)10-6-21-8-12-25(27(14-21)43-4)45-29(41)17-33-31-37-35-19(2)47-31/h5-14H,15-17H2,1-4H3,(H,32,36)(H,33,37)/b9-5+,10-6+. The number of hydrogen-bond acceptors (Lipinski definition) is 16. The molecule has 0 radical (unpaired) electrons. The molecule has 0 amide bonds. The topological polar surface area (TPSA) is 181 Å². The number of carbonyl (C=O) groups excluding carboxylic acids is 4. The maximum absolute atomic E-state index is 12.5. The fraction of sp³-hybridized carbons (Fsp3) is 0.226. The molecule has 2 aromatic heterocycles. The van der Waals surface area contributed by atoms with Crippen LogP contribution in [0.1, 0.15) is 27.6 Å². The van der Waals surface area contributed by atoms with Crippen LogP contribution >= 0.6 is 22.7 Å². The summed E-state index contributed by atoms with van der Waals surface area (Å²) in [5, 5.41) is 23.7. The predicted molar refractivity (Wildman–Crippen MR) is 176 cm³/mol. The highest BCUT2D eigenvalue weighted by molar-refractivity contribution is 7.15. The van der Waals surface area contributed by atoms with E-state index in [2.05, 4.69) is 31.0 Å². The first-order valence-electron chi connectivity index (χ1n) is 13.9. The van der Waals surface area contributed by atoms with Gasteiger partial charge in [-0.15, -0.1) is 20.4 Å². The smallest absolute Gasteiger partial charge is 0.330 e. The Morgan fingerprint density at radius 2 is 1.09 bits per heavy atom. The van der Waals surface area contributed by atoms with Crippen LogP contribution in [0.5, 0.6) is 23.0 Å². The molecule has 0 atom stereocenters. The molecule has 4 rings (SSSR count). The van der Waals surface area contributed by atoms with Crippen LogP contribution in [0.4, 0.5) is 10.3 Å². The molecule has 16 heteroatoms. The number of allylic oxidation sites excluding steroid dienone is 2. The van der Waals surface area contributed by atoms with Gasteiger partial charge in [-0.05, 0) is 61.4 Å². The Labute approximate surface area is 277 Å². The fourth-order valence-corrected chi connectivity index (χ4v) is 4.94. The van der Waals surface area contributed by atoms with Gasteiger partial charge in [-0.2, -0.15) is 0 Å². The molecule has 2 N–H and O–H groups in total. The number of aryl methyl sites for hydroxylation is 2. The summed E-state index contributed by atoms with van der Waals surface area (Å²) >= 11 is 2.63. The van der Waals surface area contributed by atoms with E-state index in [-0.39, 0.29) is 42.5 Å². The van der Waals surface area contributed by atoms with Crippen LogP contribution in [0, 0.1) is 13.8 Å². The molecule has 47 heavy (non-hydrogen) atoms. The fourth-order valence-electron chi connectivity index (χ4n) is 3.76. The lowest BCUT2D eigenvalue weighted by atomic mass is 10.1. The van der Waals surface area contributed by atoms with Crippen molar-refractivity contribution in [1.82, 2.24) is 20.4 Å². The van der Waals surface area contributed by atoms with Crippen molar-refractivity contribution in [3.8, 4) is 23.0 Å². The van der Waals surface area contributed by atoms with E-state index in [9.17, 15) is 19.2 Å². The summed E-state index contributed by atoms with van der Waals surface area (Å²) in [5.41, 5.74) is 1.19. The van der Waals surface area contributed by atoms with E-state index in [1.807, 2.05) is 0 Å². The molecule has 0 aliphatic carbocycles. The van der Waals surface area contributed by atoms with Gasteiger partial charge in [0.25, 0.3) is 0 Å². The Morgan fingerprint density at radius 3 is 1.45 bits per heavy atom. The summed E-state index contributed by atoms with van der Waals surface area (Å²) in [6.45, 7) is 3.38. The number of anilines is 2. The lowest BCUT2D eigenvalue weighted by Gasteiger charge is -2.10. The predicted octanol–water partition coefficient (Wildman–Crippen LogP) is 4.31. The van der Waals surface area contributed by atoms with Crippen LogP contribution in [-0.4, -0.2) is 71.2 Å². The lowest BCUT2D eigenvalue weighted by Crippen LogP contribution is -2.19. The van der Waals surface area contributed by atoms with Crippen LogP contribution < -0.4 is 29.6 Å². The van der Waals surface area contributed by atoms with Gasteiger partial charge >= 0.3 is 11.9 Å². The van der Waals surface area contributed by atoms with Crippen LogP contribution in [0.3, 0.4) is 0 Å². The largest absolute Gasteiger partial charge is 0.493 e. The maximum atomic E-state index is 12.5. The first-order valence-corrected chi connectivity index (χ1v) is 15.5. The van der Waals surface area contributed by atoms with Crippen molar-refractivity contribution < 1.29 is 38.1 Å². The number of ether oxygens (including phenoxy) is 4. The number of rotatable bonds is 16. The normalized spacial score (nSPS) is 11.0. The van der Waals surface area contributed by atoms with E-state index >= 15 is 0 Å². The highest BCUT2D eigenvalue weighted by Crippen LogP contribution is 2.30. The van der Waals surface area contributed by atoms with Gasteiger partial charge in [-0.3, -0.25) is 9.59 Å². The van der Waals surface area contributed by atoms with Crippen molar-refractivity contribution in [2.75, 3.05) is 37.9 Å². The molecule has 0 spiro atoms. The first kappa shape index (κ1) is 34.4. The second-order valence-corrected chi connectivity index (χ2v) is 11.9. The molecular weight excluding hydrogens is 649 g/mol. The molecule has 0 fully saturated rings. The minimum absolute atomic E-state index is 0.115. The Morgan fingerprint density at radius 1 is 0.660 bits per heavy atom. The average Bonchev–Trinajstić information content (AvgIpc) is 3.68. The summed E-state index contributed by atoms with van der Waals surface area (Å²) in [6, 6.07) is 9.56. The molecule has 0 unspecified atom stereocenters. The van der Waals surface area contributed by atoms with Gasteiger partial charge < -0.3 is 29.6 Å². The van der Waals surface area contributed by atoms with E-state index in [1.54, 1.807) is 50.2 Å². The Balaban J connectivity index is 1.26. The molecule has 14 nitrogen and oxygen atoms in total. The number of benzene rings is 2. The Kier molecular flexibility index (Phi) is 12.2. The summed E-state index contributed by atoms with van der Waals surface area (Å²) in [4.78, 5) is 49.4. The van der Waals surface area contributed by atoms with Crippen molar-refractivity contribution >= 4 is 68.6 Å². The molecule has 0 aliphatic rings. The number of aromatic nitrogens is 4. The van der Waals surface area contributed by atoms with Gasteiger partial charge in [0.15, 0.2) is 34.6 Å². The van der Waals surface area contributed by atoms with Gasteiger partial charge in [0.05, 0.1) is 20.6 Å². The van der Waals surface area contributed by atoms with Crippen molar-refractivity contribution in [1.29, 1.82) is 0 Å². The minimum atomic E-state index is -0.553. The van der Waals surface area contributed by atoms with Crippen LogP contribution in [-0.2, 0) is 19.2 Å².